The third-order valence-corrected chi connectivity index (χ3v) is 18.0. The number of piperidine rings is 1. The van der Waals surface area contributed by atoms with Crippen LogP contribution >= 0.6 is 11.3 Å². The molecule has 86 heavy (non-hydrogen) atoms. The van der Waals surface area contributed by atoms with E-state index in [1.54, 1.807) is 40.6 Å². The number of carbonyl (C=O) groups excluding carboxylic acids is 9. The quantitative estimate of drug-likeness (QED) is 0.0358. The molecule has 1 aromatic carbocycles. The molecular weight excluding hydrogens is 1110 g/mol. The van der Waals surface area contributed by atoms with Gasteiger partial charge in [-0.25, -0.2) is 4.98 Å². The van der Waals surface area contributed by atoms with Gasteiger partial charge in [0.25, 0.3) is 11.8 Å². The van der Waals surface area contributed by atoms with Gasteiger partial charge in [-0.1, -0.05) is 112 Å². The average Bonchev–Trinajstić information content (AvgIpc) is 2.56. The number of nitrogens with one attached hydrogen (secondary N) is 2. The van der Waals surface area contributed by atoms with E-state index in [1.807, 2.05) is 60.4 Å². The number of esters is 1. The van der Waals surface area contributed by atoms with Gasteiger partial charge in [0, 0.05) is 99.6 Å². The maximum atomic E-state index is 14.9. The highest BCUT2D eigenvalue weighted by atomic mass is 32.1. The van der Waals surface area contributed by atoms with Gasteiger partial charge in [-0.15, -0.1) is 11.3 Å². The number of ether oxygens (including phenoxy) is 1. The number of rotatable bonds is 40. The summed E-state index contributed by atoms with van der Waals surface area (Å²) in [6.45, 7) is 22.2. The molecule has 19 nitrogen and oxygen atoms in total. The van der Waals surface area contributed by atoms with Gasteiger partial charge in [-0.05, 0) is 106 Å². The number of likely N-dealkylation sites (N-methyl/N-ethyl adjacent to an activating group) is 1. The second-order valence-electron chi connectivity index (χ2n) is 24.7. The summed E-state index contributed by atoms with van der Waals surface area (Å²) in [4.78, 5) is 144. The molecule has 5 amide bonds. The Morgan fingerprint density at radius 1 is 0.872 bits per heavy atom. The first kappa shape index (κ1) is 72.1. The number of unbranched alkanes of at least 4 members (excludes halogenated alkanes) is 3. The number of likely N-dealkylation sites (tertiary alicyclic amines) is 1. The number of nitrogens with two attached hydrogens (primary N) is 1. The lowest BCUT2D eigenvalue weighted by molar-refractivity contribution is -0.150. The zero-order valence-corrected chi connectivity index (χ0v) is 53.7. The standard InChI is InChI=1S/C66H99N7O12S/c1-12-31-73(65(82)52(43(7)13-2)38-58(77)55-27-20-22-32-71(55)11)56(42(5)6)39-59(85-46(10)74)64-70-54(40-86-64)63(81)68-49(34-44(8)66(83)84)35-47-23-16-17-24-48(47)36-57(76)53(26-18-19-28-60(67)78)69-62(80)51(41(3)4)37-50(75)25-15-14-21-33-72-45(9)29-30-61(72)79/h16-17,23-24,29-30,40-44,49,51-53,55-56,59H,9,12-15,18-22,25-28,31-39H2,1-8,10-11H3,(H2,67,78)(H,68,81)(H,69,80)(H,83,84)/t43-,44-,49+,51-,52-,53-,55+,56+,59+/m0/s1. The molecule has 0 bridgehead atoms. The number of aliphatic carboxylic acids is 1. The molecular formula is C66H99N7O12S. The zero-order valence-electron chi connectivity index (χ0n) is 52.9. The van der Waals surface area contributed by atoms with E-state index < -0.39 is 71.6 Å². The lowest BCUT2D eigenvalue weighted by atomic mass is 9.82. The highest BCUT2D eigenvalue weighted by Gasteiger charge is 2.39. The van der Waals surface area contributed by atoms with Crippen LogP contribution in [0.25, 0.3) is 0 Å². The SMILES string of the molecule is C=C1C=CC(=O)N1CCCCCC(=O)C[C@H](C(=O)N[C@@H](CCCCC(N)=O)C(=O)Cc1ccccc1C[C@@H](C[C@H](C)C(=O)O)NC(=O)c1csc([C@@H](C[C@H](C(C)C)N(CCC)C(=O)[C@@H](CC(=O)[C@H]2CCCCN2C)[C@@H](C)CC)OC(C)=O)n1)C(C)C. The fourth-order valence-electron chi connectivity index (χ4n) is 11.7. The third-order valence-electron chi connectivity index (χ3n) is 17.1. The van der Waals surface area contributed by atoms with Crippen LogP contribution < -0.4 is 16.4 Å². The molecule has 0 aliphatic carbocycles. The lowest BCUT2D eigenvalue weighted by Crippen LogP contribution is -2.50. The van der Waals surface area contributed by atoms with Crippen LogP contribution in [0.5, 0.6) is 0 Å². The van der Waals surface area contributed by atoms with E-state index in [9.17, 15) is 53.1 Å². The van der Waals surface area contributed by atoms with Gasteiger partial charge in [0.2, 0.25) is 17.7 Å². The molecule has 2 aromatic rings. The predicted molar refractivity (Wildman–Crippen MR) is 332 cm³/mol. The second kappa shape index (κ2) is 36.0. The molecule has 2 aliphatic heterocycles. The van der Waals surface area contributed by atoms with Crippen LogP contribution in [-0.4, -0.2) is 134 Å². The van der Waals surface area contributed by atoms with Crippen LogP contribution in [0.15, 0.2) is 54.1 Å². The van der Waals surface area contributed by atoms with Crippen molar-refractivity contribution in [3.63, 3.8) is 0 Å². The molecule has 0 unspecified atom stereocenters. The van der Waals surface area contributed by atoms with E-state index in [1.165, 1.54) is 19.9 Å². The van der Waals surface area contributed by atoms with Crippen LogP contribution in [0.1, 0.15) is 204 Å². The van der Waals surface area contributed by atoms with E-state index >= 15 is 0 Å². The second-order valence-corrected chi connectivity index (χ2v) is 25.5. The maximum absolute atomic E-state index is 14.9. The number of thiazole rings is 1. The van der Waals surface area contributed by atoms with Gasteiger partial charge >= 0.3 is 11.9 Å². The highest BCUT2D eigenvalue weighted by molar-refractivity contribution is 7.09. The largest absolute Gasteiger partial charge is 0.481 e. The Bertz CT molecular complexity index is 2670. The molecule has 3 heterocycles. The number of benzene rings is 1. The summed E-state index contributed by atoms with van der Waals surface area (Å²) in [5.41, 5.74) is 7.33. The van der Waals surface area contributed by atoms with Crippen molar-refractivity contribution in [2.75, 3.05) is 26.7 Å². The number of aromatic nitrogens is 1. The Labute approximate surface area is 514 Å². The van der Waals surface area contributed by atoms with Crippen molar-refractivity contribution >= 4 is 70.2 Å². The molecule has 1 fully saturated rings. The summed E-state index contributed by atoms with van der Waals surface area (Å²) in [5.74, 6) is -6.30. The van der Waals surface area contributed by atoms with E-state index in [2.05, 4.69) is 22.1 Å². The Balaban J connectivity index is 1.54. The Kier molecular flexibility index (Phi) is 30.2. The fourth-order valence-corrected chi connectivity index (χ4v) is 12.5. The number of primary amides is 1. The third kappa shape index (κ3) is 22.7. The molecule has 0 radical (unpaired) electrons. The van der Waals surface area contributed by atoms with Gasteiger partial charge < -0.3 is 36.0 Å². The molecule has 4 rings (SSSR count). The van der Waals surface area contributed by atoms with Crippen LogP contribution in [0.3, 0.4) is 0 Å². The average molecular weight is 1210 g/mol. The van der Waals surface area contributed by atoms with E-state index in [0.717, 1.165) is 37.1 Å². The van der Waals surface area contributed by atoms with Crippen LogP contribution in [0, 0.1) is 35.5 Å². The van der Waals surface area contributed by atoms with Crippen molar-refractivity contribution in [2.45, 2.75) is 215 Å². The molecule has 9 atom stereocenters. The smallest absolute Gasteiger partial charge is 0.306 e. The minimum absolute atomic E-state index is 0.00963. The molecule has 476 valence electrons. The van der Waals surface area contributed by atoms with Gasteiger partial charge in [-0.2, -0.15) is 0 Å². The van der Waals surface area contributed by atoms with Crippen molar-refractivity contribution in [1.82, 2.24) is 30.3 Å². The number of amides is 5. The van der Waals surface area contributed by atoms with E-state index in [0.29, 0.717) is 79.9 Å². The van der Waals surface area contributed by atoms with E-state index in [-0.39, 0.29) is 116 Å². The van der Waals surface area contributed by atoms with Crippen molar-refractivity contribution in [1.29, 1.82) is 0 Å². The van der Waals surface area contributed by atoms with Crippen molar-refractivity contribution in [3.8, 4) is 0 Å². The number of carbonyl (C=O) groups is 10. The van der Waals surface area contributed by atoms with Crippen LogP contribution in [-0.2, 0) is 60.7 Å². The summed E-state index contributed by atoms with van der Waals surface area (Å²) in [7, 11) is 1.97. The zero-order chi connectivity index (χ0) is 63.8. The van der Waals surface area contributed by atoms with Crippen molar-refractivity contribution in [3.05, 3.63) is 75.9 Å². The topological polar surface area (TPSA) is 273 Å². The Morgan fingerprint density at radius 3 is 2.17 bits per heavy atom. The normalized spacial score (nSPS) is 17.3. The molecule has 2 aliphatic rings. The summed E-state index contributed by atoms with van der Waals surface area (Å²) in [5, 5.41) is 17.9. The highest BCUT2D eigenvalue weighted by Crippen LogP contribution is 2.34. The predicted octanol–water partition coefficient (Wildman–Crippen LogP) is 9.30. The maximum Gasteiger partial charge on any atom is 0.306 e. The summed E-state index contributed by atoms with van der Waals surface area (Å²) in [6, 6.07) is 4.70. The first-order valence-corrected chi connectivity index (χ1v) is 32.2. The number of carboxylic acids is 1. The molecule has 0 saturated carbocycles. The van der Waals surface area contributed by atoms with Gasteiger partial charge in [0.15, 0.2) is 17.7 Å². The monoisotopic (exact) mass is 1210 g/mol. The summed E-state index contributed by atoms with van der Waals surface area (Å²) >= 11 is 1.13. The minimum atomic E-state index is -1.07. The summed E-state index contributed by atoms with van der Waals surface area (Å²) in [6.07, 6.45) is 9.95. The minimum Gasteiger partial charge on any atom is -0.481 e. The van der Waals surface area contributed by atoms with Crippen molar-refractivity contribution < 1.29 is 57.8 Å². The Morgan fingerprint density at radius 2 is 1.57 bits per heavy atom. The first-order chi connectivity index (χ1) is 40.8. The summed E-state index contributed by atoms with van der Waals surface area (Å²) < 4.78 is 5.96. The van der Waals surface area contributed by atoms with Crippen LogP contribution in [0.2, 0.25) is 0 Å². The lowest BCUT2D eigenvalue weighted by Gasteiger charge is -2.39. The number of nitrogens with zero attached hydrogens (tertiary/aromatic N) is 4. The van der Waals surface area contributed by atoms with Gasteiger partial charge in [0.05, 0.1) is 18.0 Å². The number of hydrogen-bond acceptors (Lipinski definition) is 14. The molecule has 5 N–H and O–H groups in total. The van der Waals surface area contributed by atoms with Gasteiger partial charge in [-0.3, -0.25) is 52.8 Å². The first-order valence-electron chi connectivity index (χ1n) is 31.3. The fraction of sp³-hybridized carbons (Fsp3) is 0.652. The van der Waals surface area contributed by atoms with E-state index in [4.69, 9.17) is 15.5 Å². The van der Waals surface area contributed by atoms with Gasteiger partial charge in [0.1, 0.15) is 16.5 Å². The van der Waals surface area contributed by atoms with Crippen LogP contribution in [0.4, 0.5) is 0 Å². The number of Topliss-reactive ketones (excluding diaryl/α,β-unsaturated/α-hetero) is 3. The molecule has 0 spiro atoms. The number of allylic oxidation sites excluding steroid dienone is 1. The number of ketones is 3. The molecule has 1 saturated heterocycles. The Hall–Kier alpha value is -6.41. The number of hydrogen-bond donors (Lipinski definition) is 4. The van der Waals surface area contributed by atoms with Crippen molar-refractivity contribution in [2.24, 2.45) is 41.2 Å². The molecule has 20 heteroatoms. The number of carboxylic acid groups (broad SMARTS) is 1. The molecule has 1 aromatic heterocycles.